The van der Waals surface area contributed by atoms with Gasteiger partial charge in [0.15, 0.2) is 0 Å². The van der Waals surface area contributed by atoms with Crippen molar-refractivity contribution in [3.63, 3.8) is 0 Å². The quantitative estimate of drug-likeness (QED) is 0.686. The van der Waals surface area contributed by atoms with Gasteiger partial charge in [-0.15, -0.1) is 0 Å². The Morgan fingerprint density at radius 1 is 1.07 bits per heavy atom. The van der Waals surface area contributed by atoms with Gasteiger partial charge in [-0.1, -0.05) is 13.8 Å². The monoisotopic (exact) mass is 217 g/mol. The van der Waals surface area contributed by atoms with Gasteiger partial charge >= 0.3 is 0 Å². The second-order valence-corrected chi connectivity index (χ2v) is 5.57. The molecule has 2 fully saturated rings. The Bertz CT molecular complexity index is 212. The zero-order valence-electron chi connectivity index (χ0n) is 9.68. The van der Waals surface area contributed by atoms with Crippen LogP contribution in [0.4, 0.5) is 8.78 Å². The molecule has 0 spiro atoms. The lowest BCUT2D eigenvalue weighted by molar-refractivity contribution is -0.151. The van der Waals surface area contributed by atoms with E-state index in [-0.39, 0.29) is 13.1 Å². The van der Waals surface area contributed by atoms with Crippen LogP contribution in [0.1, 0.15) is 39.5 Å². The molecule has 0 amide bonds. The molecule has 0 aromatic heterocycles. The highest BCUT2D eigenvalue weighted by Gasteiger charge is 2.46. The molecule has 1 heterocycles. The molecule has 1 nitrogen and oxygen atoms in total. The molecular formula is C12H21F2N. The highest BCUT2D eigenvalue weighted by Crippen LogP contribution is 2.37. The fourth-order valence-corrected chi connectivity index (χ4v) is 2.94. The van der Waals surface area contributed by atoms with Gasteiger partial charge in [-0.05, 0) is 37.5 Å². The summed E-state index contributed by atoms with van der Waals surface area (Å²) in [6.07, 6.45) is 4.70. The number of hydrogen-bond acceptors (Lipinski definition) is 1. The molecule has 0 N–H and O–H groups in total. The van der Waals surface area contributed by atoms with E-state index in [1.165, 1.54) is 12.8 Å². The molecule has 88 valence electrons. The molecule has 0 bridgehead atoms. The normalized spacial score (nSPS) is 36.6. The average molecular weight is 217 g/mol. The highest BCUT2D eigenvalue weighted by atomic mass is 19.3. The van der Waals surface area contributed by atoms with Gasteiger partial charge in [-0.25, -0.2) is 8.78 Å². The fraction of sp³-hybridized carbons (Fsp3) is 1.00. The number of halogens is 2. The Hall–Kier alpha value is -0.180. The smallest absolute Gasteiger partial charge is 0.272 e. The Morgan fingerprint density at radius 3 is 2.00 bits per heavy atom. The van der Waals surface area contributed by atoms with E-state index in [1.54, 1.807) is 0 Å². The van der Waals surface area contributed by atoms with Crippen molar-refractivity contribution in [3.8, 4) is 0 Å². The van der Waals surface area contributed by atoms with Crippen molar-refractivity contribution in [1.82, 2.24) is 4.90 Å². The SMILES string of the molecule is CC(C)C1CCC(N2CC(F)(F)C2)CC1. The van der Waals surface area contributed by atoms with Gasteiger partial charge in [0.1, 0.15) is 0 Å². The largest absolute Gasteiger partial charge is 0.288 e. The average Bonchev–Trinajstić information content (AvgIpc) is 2.14. The molecule has 1 saturated carbocycles. The summed E-state index contributed by atoms with van der Waals surface area (Å²) < 4.78 is 25.4. The predicted octanol–water partition coefficient (Wildman–Crippen LogP) is 3.15. The van der Waals surface area contributed by atoms with Crippen molar-refractivity contribution in [2.75, 3.05) is 13.1 Å². The molecule has 3 heteroatoms. The van der Waals surface area contributed by atoms with Crippen LogP contribution in [0.15, 0.2) is 0 Å². The molecule has 1 aliphatic heterocycles. The first-order valence-electron chi connectivity index (χ1n) is 6.10. The number of rotatable bonds is 2. The van der Waals surface area contributed by atoms with E-state index in [1.807, 2.05) is 4.90 Å². The number of alkyl halides is 2. The van der Waals surface area contributed by atoms with Crippen LogP contribution in [0.25, 0.3) is 0 Å². The van der Waals surface area contributed by atoms with Crippen LogP contribution >= 0.6 is 0 Å². The first-order valence-corrected chi connectivity index (χ1v) is 6.10. The molecule has 2 rings (SSSR count). The second-order valence-electron chi connectivity index (χ2n) is 5.57. The Balaban J connectivity index is 1.75. The summed E-state index contributed by atoms with van der Waals surface area (Å²) in [5.74, 6) is -0.818. The maximum atomic E-state index is 12.7. The van der Waals surface area contributed by atoms with Crippen LogP contribution in [-0.2, 0) is 0 Å². The molecule has 0 radical (unpaired) electrons. The van der Waals surface area contributed by atoms with Gasteiger partial charge in [0.2, 0.25) is 0 Å². The summed E-state index contributed by atoms with van der Waals surface area (Å²) in [5.41, 5.74) is 0. The molecule has 0 aromatic carbocycles. The third kappa shape index (κ3) is 2.49. The van der Waals surface area contributed by atoms with E-state index in [2.05, 4.69) is 13.8 Å². The third-order valence-corrected chi connectivity index (χ3v) is 4.07. The third-order valence-electron chi connectivity index (χ3n) is 4.07. The second kappa shape index (κ2) is 4.00. The molecule has 0 aromatic rings. The summed E-state index contributed by atoms with van der Waals surface area (Å²) >= 11 is 0. The van der Waals surface area contributed by atoms with Gasteiger partial charge in [0, 0.05) is 6.04 Å². The van der Waals surface area contributed by atoms with E-state index in [4.69, 9.17) is 0 Å². The maximum Gasteiger partial charge on any atom is 0.272 e. The summed E-state index contributed by atoms with van der Waals surface area (Å²) in [4.78, 5) is 1.97. The van der Waals surface area contributed by atoms with Gasteiger partial charge in [0.25, 0.3) is 5.92 Å². The van der Waals surface area contributed by atoms with Crippen molar-refractivity contribution in [2.24, 2.45) is 11.8 Å². The van der Waals surface area contributed by atoms with Gasteiger partial charge in [-0.2, -0.15) is 0 Å². The first kappa shape index (κ1) is 11.3. The van der Waals surface area contributed by atoms with E-state index >= 15 is 0 Å². The van der Waals surface area contributed by atoms with Crippen LogP contribution in [0, 0.1) is 11.8 Å². The van der Waals surface area contributed by atoms with Gasteiger partial charge < -0.3 is 0 Å². The molecule has 1 saturated heterocycles. The molecule has 1 aliphatic carbocycles. The van der Waals surface area contributed by atoms with Crippen molar-refractivity contribution in [1.29, 1.82) is 0 Å². The van der Waals surface area contributed by atoms with E-state index in [0.717, 1.165) is 24.7 Å². The maximum absolute atomic E-state index is 12.7. The van der Waals surface area contributed by atoms with Crippen LogP contribution in [0.5, 0.6) is 0 Å². The fourth-order valence-electron chi connectivity index (χ4n) is 2.94. The molecule has 0 unspecified atom stereocenters. The van der Waals surface area contributed by atoms with Crippen molar-refractivity contribution < 1.29 is 8.78 Å². The van der Waals surface area contributed by atoms with E-state index < -0.39 is 5.92 Å². The zero-order valence-corrected chi connectivity index (χ0v) is 9.68. The van der Waals surface area contributed by atoms with Gasteiger partial charge in [0.05, 0.1) is 13.1 Å². The van der Waals surface area contributed by atoms with E-state index in [9.17, 15) is 8.78 Å². The van der Waals surface area contributed by atoms with Crippen LogP contribution < -0.4 is 0 Å². The minimum absolute atomic E-state index is 0.00398. The molecule has 0 atom stereocenters. The first-order chi connectivity index (χ1) is 6.98. The van der Waals surface area contributed by atoms with Crippen LogP contribution in [-0.4, -0.2) is 30.0 Å². The number of hydrogen-bond donors (Lipinski definition) is 0. The predicted molar refractivity (Wildman–Crippen MR) is 57.1 cm³/mol. The minimum Gasteiger partial charge on any atom is -0.288 e. The van der Waals surface area contributed by atoms with Crippen LogP contribution in [0.2, 0.25) is 0 Å². The zero-order chi connectivity index (χ0) is 11.1. The number of nitrogens with zero attached hydrogens (tertiary/aromatic N) is 1. The Labute approximate surface area is 90.8 Å². The summed E-state index contributed by atoms with van der Waals surface area (Å²) in [6.45, 7) is 4.54. The van der Waals surface area contributed by atoms with E-state index in [0.29, 0.717) is 6.04 Å². The molecule has 15 heavy (non-hydrogen) atoms. The highest BCUT2D eigenvalue weighted by molar-refractivity contribution is 4.93. The van der Waals surface area contributed by atoms with Crippen molar-refractivity contribution in [2.45, 2.75) is 51.5 Å². The standard InChI is InChI=1S/C12H21F2N/c1-9(2)10-3-5-11(6-4-10)15-7-12(13,14)8-15/h9-11H,3-8H2,1-2H3. The Kier molecular flexibility index (Phi) is 3.02. The lowest BCUT2D eigenvalue weighted by atomic mass is 9.78. The van der Waals surface area contributed by atoms with Crippen molar-refractivity contribution in [3.05, 3.63) is 0 Å². The summed E-state index contributed by atoms with van der Waals surface area (Å²) in [5, 5.41) is 0. The lowest BCUT2D eigenvalue weighted by Crippen LogP contribution is -2.60. The Morgan fingerprint density at radius 2 is 1.60 bits per heavy atom. The summed E-state index contributed by atoms with van der Waals surface area (Å²) in [7, 11) is 0. The lowest BCUT2D eigenvalue weighted by Gasteiger charge is -2.46. The number of likely N-dealkylation sites (tertiary alicyclic amines) is 1. The summed E-state index contributed by atoms with van der Waals surface area (Å²) in [6, 6.07) is 0.444. The van der Waals surface area contributed by atoms with Crippen LogP contribution in [0.3, 0.4) is 0 Å². The van der Waals surface area contributed by atoms with Crippen molar-refractivity contribution >= 4 is 0 Å². The minimum atomic E-state index is -2.39. The van der Waals surface area contributed by atoms with Gasteiger partial charge in [-0.3, -0.25) is 4.90 Å². The molecular weight excluding hydrogens is 196 g/mol. The topological polar surface area (TPSA) is 3.24 Å². The molecule has 2 aliphatic rings.